The molecule has 132 valence electrons. The van der Waals surface area contributed by atoms with Gasteiger partial charge in [0.2, 0.25) is 5.88 Å². The molecule has 0 fully saturated rings. The van der Waals surface area contributed by atoms with Crippen molar-refractivity contribution in [1.29, 1.82) is 0 Å². The Labute approximate surface area is 134 Å². The van der Waals surface area contributed by atoms with E-state index in [-0.39, 0.29) is 9.76 Å². The SMILES string of the molecule is Cn1nc(C(F)(F)F)c(CS(=O)c2cccc[n+]2[O-])c1OC(F)F. The van der Waals surface area contributed by atoms with Gasteiger partial charge in [0.15, 0.2) is 11.9 Å². The number of alkyl halides is 5. The van der Waals surface area contributed by atoms with Gasteiger partial charge in [-0.2, -0.15) is 31.8 Å². The second kappa shape index (κ2) is 6.71. The van der Waals surface area contributed by atoms with Gasteiger partial charge in [0.05, 0.1) is 11.3 Å². The molecule has 0 radical (unpaired) electrons. The van der Waals surface area contributed by atoms with E-state index in [9.17, 15) is 31.4 Å². The van der Waals surface area contributed by atoms with Crippen LogP contribution < -0.4 is 9.47 Å². The molecule has 0 aliphatic heterocycles. The zero-order valence-electron chi connectivity index (χ0n) is 12.0. The van der Waals surface area contributed by atoms with Crippen molar-refractivity contribution in [2.24, 2.45) is 7.05 Å². The largest absolute Gasteiger partial charge is 0.618 e. The summed E-state index contributed by atoms with van der Waals surface area (Å²) in [6.45, 7) is -3.39. The van der Waals surface area contributed by atoms with Crippen molar-refractivity contribution in [2.75, 3.05) is 0 Å². The average Bonchev–Trinajstić information content (AvgIpc) is 2.76. The highest BCUT2D eigenvalue weighted by molar-refractivity contribution is 7.84. The van der Waals surface area contributed by atoms with Crippen molar-refractivity contribution < 1.29 is 35.6 Å². The highest BCUT2D eigenvalue weighted by Gasteiger charge is 2.40. The molecule has 1 unspecified atom stereocenters. The third-order valence-electron chi connectivity index (χ3n) is 2.85. The van der Waals surface area contributed by atoms with Gasteiger partial charge in [-0.3, -0.25) is 0 Å². The van der Waals surface area contributed by atoms with E-state index >= 15 is 0 Å². The molecule has 12 heteroatoms. The summed E-state index contributed by atoms with van der Waals surface area (Å²) in [5.74, 6) is -1.73. The monoisotopic (exact) mass is 371 g/mol. The highest BCUT2D eigenvalue weighted by atomic mass is 32.2. The van der Waals surface area contributed by atoms with Crippen LogP contribution in [-0.4, -0.2) is 20.6 Å². The molecule has 0 saturated heterocycles. The van der Waals surface area contributed by atoms with Crippen LogP contribution in [0.5, 0.6) is 5.88 Å². The van der Waals surface area contributed by atoms with Crippen molar-refractivity contribution in [3.8, 4) is 5.88 Å². The van der Waals surface area contributed by atoms with Crippen LogP contribution in [-0.2, 0) is 29.8 Å². The molecule has 0 N–H and O–H groups in total. The van der Waals surface area contributed by atoms with Crippen molar-refractivity contribution in [1.82, 2.24) is 9.78 Å². The smallest absolute Gasteiger partial charge is 0.435 e. The zero-order chi connectivity index (χ0) is 18.1. The molecule has 1 atom stereocenters. The molecule has 6 nitrogen and oxygen atoms in total. The molecule has 2 aromatic rings. The second-order valence-corrected chi connectivity index (χ2v) is 5.88. The summed E-state index contributed by atoms with van der Waals surface area (Å²) in [4.78, 5) is 0. The molecule has 2 rings (SSSR count). The minimum atomic E-state index is -4.97. The Morgan fingerprint density at radius 2 is 2.08 bits per heavy atom. The molecule has 0 saturated carbocycles. The predicted molar refractivity (Wildman–Crippen MR) is 70.4 cm³/mol. The summed E-state index contributed by atoms with van der Waals surface area (Å²) in [5.41, 5.74) is -2.31. The molecule has 2 aromatic heterocycles. The van der Waals surface area contributed by atoms with Gasteiger partial charge < -0.3 is 9.94 Å². The van der Waals surface area contributed by atoms with Gasteiger partial charge in [-0.15, -0.1) is 0 Å². The van der Waals surface area contributed by atoms with Gasteiger partial charge in [-0.1, -0.05) is 0 Å². The lowest BCUT2D eigenvalue weighted by atomic mass is 10.2. The summed E-state index contributed by atoms with van der Waals surface area (Å²) in [6.07, 6.45) is -3.96. The number of halogens is 5. The van der Waals surface area contributed by atoms with Gasteiger partial charge in [0.1, 0.15) is 10.8 Å². The van der Waals surface area contributed by atoms with Crippen LogP contribution in [0, 0.1) is 5.21 Å². The molecule has 0 bridgehead atoms. The van der Waals surface area contributed by atoms with Crippen LogP contribution in [0.4, 0.5) is 22.0 Å². The number of aryl methyl sites for hydroxylation is 1. The van der Waals surface area contributed by atoms with E-state index < -0.39 is 46.5 Å². The Balaban J connectivity index is 2.47. The predicted octanol–water partition coefficient (Wildman–Crippen LogP) is 1.98. The Kier molecular flexibility index (Phi) is 5.06. The number of ether oxygens (including phenoxy) is 1. The van der Waals surface area contributed by atoms with Crippen LogP contribution in [0.1, 0.15) is 11.3 Å². The van der Waals surface area contributed by atoms with Crippen molar-refractivity contribution >= 4 is 10.8 Å². The van der Waals surface area contributed by atoms with E-state index in [1.54, 1.807) is 0 Å². The molecule has 0 amide bonds. The molecule has 0 spiro atoms. The fourth-order valence-corrected chi connectivity index (χ4v) is 3.10. The standard InChI is InChI=1S/C12H10F5N3O3S/c1-19-10(23-11(13)14)7(9(18-19)12(15,16)17)6-24(22)8-4-2-3-5-20(8)21/h2-5,11H,6H2,1H3. The van der Waals surface area contributed by atoms with E-state index in [1.165, 1.54) is 12.1 Å². The fourth-order valence-electron chi connectivity index (χ4n) is 1.94. The molecular weight excluding hydrogens is 361 g/mol. The van der Waals surface area contributed by atoms with Gasteiger partial charge in [0, 0.05) is 19.2 Å². The van der Waals surface area contributed by atoms with Crippen LogP contribution in [0.25, 0.3) is 0 Å². The summed E-state index contributed by atoms with van der Waals surface area (Å²) in [5, 5.41) is 14.3. The van der Waals surface area contributed by atoms with Crippen molar-refractivity contribution in [3.63, 3.8) is 0 Å². The van der Waals surface area contributed by atoms with Crippen LogP contribution in [0.2, 0.25) is 0 Å². The first-order valence-electron chi connectivity index (χ1n) is 6.25. The zero-order valence-corrected chi connectivity index (χ0v) is 12.8. The molecular formula is C12H10F5N3O3S. The summed E-state index contributed by atoms with van der Waals surface area (Å²) in [7, 11) is -1.25. The van der Waals surface area contributed by atoms with Crippen molar-refractivity contribution in [2.45, 2.75) is 23.6 Å². The summed E-state index contributed by atoms with van der Waals surface area (Å²) < 4.78 is 80.9. The number of rotatable bonds is 5. The van der Waals surface area contributed by atoms with E-state index in [2.05, 4.69) is 9.84 Å². The summed E-state index contributed by atoms with van der Waals surface area (Å²) >= 11 is 0. The lowest BCUT2D eigenvalue weighted by Crippen LogP contribution is -2.31. The normalized spacial score (nSPS) is 13.3. The first-order valence-corrected chi connectivity index (χ1v) is 7.57. The van der Waals surface area contributed by atoms with E-state index in [1.807, 2.05) is 0 Å². The Morgan fingerprint density at radius 3 is 2.62 bits per heavy atom. The molecule has 24 heavy (non-hydrogen) atoms. The minimum Gasteiger partial charge on any atom is -0.618 e. The second-order valence-electron chi connectivity index (χ2n) is 4.49. The molecule has 0 aliphatic rings. The molecule has 0 aliphatic carbocycles. The Bertz CT molecular complexity index is 763. The Morgan fingerprint density at radius 1 is 1.42 bits per heavy atom. The maximum absolute atomic E-state index is 13.0. The minimum absolute atomic E-state index is 0.216. The quantitative estimate of drug-likeness (QED) is 0.458. The van der Waals surface area contributed by atoms with Crippen LogP contribution in [0.3, 0.4) is 0 Å². The topological polar surface area (TPSA) is 71.1 Å². The number of nitrogens with zero attached hydrogens (tertiary/aromatic N) is 3. The average molecular weight is 371 g/mol. The maximum Gasteiger partial charge on any atom is 0.435 e. The third-order valence-corrected chi connectivity index (χ3v) is 4.19. The number of hydrogen-bond donors (Lipinski definition) is 0. The third kappa shape index (κ3) is 3.80. The highest BCUT2D eigenvalue weighted by Crippen LogP contribution is 2.36. The van der Waals surface area contributed by atoms with Crippen LogP contribution >= 0.6 is 0 Å². The van der Waals surface area contributed by atoms with Gasteiger partial charge in [0.25, 0.3) is 5.03 Å². The van der Waals surface area contributed by atoms with Crippen molar-refractivity contribution in [3.05, 3.63) is 40.9 Å². The van der Waals surface area contributed by atoms with E-state index in [0.29, 0.717) is 4.68 Å². The number of pyridine rings is 1. The van der Waals surface area contributed by atoms with E-state index in [0.717, 1.165) is 19.3 Å². The first-order chi connectivity index (χ1) is 11.1. The molecule has 2 heterocycles. The molecule has 0 aromatic carbocycles. The van der Waals surface area contributed by atoms with E-state index in [4.69, 9.17) is 0 Å². The lowest BCUT2D eigenvalue weighted by Gasteiger charge is -2.09. The first kappa shape index (κ1) is 18.1. The fraction of sp³-hybridized carbons (Fsp3) is 0.333. The van der Waals surface area contributed by atoms with Gasteiger partial charge >= 0.3 is 12.8 Å². The Hall–Kier alpha value is -2.24. The summed E-state index contributed by atoms with van der Waals surface area (Å²) in [6, 6.07) is 3.86. The number of hydrogen-bond acceptors (Lipinski definition) is 4. The lowest BCUT2D eigenvalue weighted by molar-refractivity contribution is -0.646. The van der Waals surface area contributed by atoms with Gasteiger partial charge in [-0.25, -0.2) is 8.89 Å². The maximum atomic E-state index is 13.0. The van der Waals surface area contributed by atoms with Crippen LogP contribution in [0.15, 0.2) is 29.4 Å². The number of aromatic nitrogens is 3. The van der Waals surface area contributed by atoms with Gasteiger partial charge in [-0.05, 0) is 6.07 Å².